The lowest BCUT2D eigenvalue weighted by Crippen LogP contribution is -2.17. The predicted octanol–water partition coefficient (Wildman–Crippen LogP) is 7.08. The largest absolute Gasteiger partial charge is 0.478 e. The number of carboxylic acids is 1. The lowest BCUT2D eigenvalue weighted by molar-refractivity contribution is 0.0697. The third-order valence-corrected chi connectivity index (χ3v) is 7.24. The van der Waals surface area contributed by atoms with Crippen molar-refractivity contribution in [3.05, 3.63) is 100 Å². The molecule has 186 valence electrons. The molecule has 1 heterocycles. The summed E-state index contributed by atoms with van der Waals surface area (Å²) in [7, 11) is 4.12. The number of carboxylic acid groups (broad SMARTS) is 1. The minimum Gasteiger partial charge on any atom is -0.478 e. The van der Waals surface area contributed by atoms with Crippen LogP contribution in [0.4, 0.5) is 10.8 Å². The molecular weight excluding hydrogens is 466 g/mol. The van der Waals surface area contributed by atoms with Gasteiger partial charge < -0.3 is 14.9 Å². The van der Waals surface area contributed by atoms with E-state index in [0.29, 0.717) is 12.1 Å². The van der Waals surface area contributed by atoms with E-state index in [1.807, 2.05) is 19.2 Å². The van der Waals surface area contributed by atoms with E-state index in [1.54, 1.807) is 23.5 Å². The first-order chi connectivity index (χ1) is 17.1. The summed E-state index contributed by atoms with van der Waals surface area (Å²) in [5, 5.41) is 12.1. The van der Waals surface area contributed by atoms with Gasteiger partial charge in [0.2, 0.25) is 0 Å². The molecular formula is C30H33N3O2S. The zero-order valence-electron chi connectivity index (χ0n) is 21.5. The first-order valence-electron chi connectivity index (χ1n) is 12.0. The van der Waals surface area contributed by atoms with E-state index >= 15 is 0 Å². The summed E-state index contributed by atoms with van der Waals surface area (Å²) in [6.07, 6.45) is 0. The molecule has 0 amide bonds. The van der Waals surface area contributed by atoms with Crippen LogP contribution in [0.3, 0.4) is 0 Å². The van der Waals surface area contributed by atoms with Crippen LogP contribution < -0.4 is 9.80 Å². The number of hydrogen-bond donors (Lipinski definition) is 1. The van der Waals surface area contributed by atoms with Crippen molar-refractivity contribution in [1.82, 2.24) is 4.98 Å². The summed E-state index contributed by atoms with van der Waals surface area (Å²) in [5.74, 6) is -0.911. The van der Waals surface area contributed by atoms with Gasteiger partial charge in [0.05, 0.1) is 11.3 Å². The molecule has 4 aromatic rings. The van der Waals surface area contributed by atoms with E-state index in [4.69, 9.17) is 10.1 Å². The molecule has 0 unspecified atom stereocenters. The third kappa shape index (κ3) is 6.13. The first-order valence-corrected chi connectivity index (χ1v) is 12.9. The Balaban J connectivity index is 1.38. The average molecular weight is 500 g/mol. The standard InChI is InChI=1S/C30H33N3O2S/c1-30(2,3)25-14-8-22(9-15-25)18-32(4)26-16-12-23(13-17-26)27-20-36-29(31-27)33(5)19-21-6-10-24(11-7-21)28(34)35/h6-17,20H,18-19H2,1-5H3,(H,34,35). The average Bonchev–Trinajstić information content (AvgIpc) is 3.35. The van der Waals surface area contributed by atoms with Gasteiger partial charge in [-0.15, -0.1) is 11.3 Å². The minimum atomic E-state index is -0.911. The highest BCUT2D eigenvalue weighted by Gasteiger charge is 2.14. The lowest BCUT2D eigenvalue weighted by atomic mass is 9.87. The fourth-order valence-corrected chi connectivity index (χ4v) is 4.83. The van der Waals surface area contributed by atoms with Gasteiger partial charge in [0.25, 0.3) is 0 Å². The number of benzene rings is 3. The maximum absolute atomic E-state index is 11.1. The van der Waals surface area contributed by atoms with Gasteiger partial charge in [-0.2, -0.15) is 0 Å². The van der Waals surface area contributed by atoms with Crippen LogP contribution in [0, 0.1) is 0 Å². The number of nitrogens with zero attached hydrogens (tertiary/aromatic N) is 3. The molecule has 0 bridgehead atoms. The van der Waals surface area contributed by atoms with Crippen molar-refractivity contribution >= 4 is 28.1 Å². The Labute approximate surface area is 217 Å². The molecule has 0 radical (unpaired) electrons. The predicted molar refractivity (Wildman–Crippen MR) is 150 cm³/mol. The van der Waals surface area contributed by atoms with E-state index in [-0.39, 0.29) is 5.41 Å². The molecule has 0 aliphatic heterocycles. The number of aromatic carboxylic acids is 1. The van der Waals surface area contributed by atoms with Crippen LogP contribution in [-0.2, 0) is 18.5 Å². The van der Waals surface area contributed by atoms with E-state index in [2.05, 4.69) is 91.5 Å². The van der Waals surface area contributed by atoms with Crippen LogP contribution >= 0.6 is 11.3 Å². The molecule has 0 saturated heterocycles. The maximum Gasteiger partial charge on any atom is 0.335 e. The van der Waals surface area contributed by atoms with Crippen LogP contribution in [0.5, 0.6) is 0 Å². The summed E-state index contributed by atoms with van der Waals surface area (Å²) in [5.41, 5.74) is 7.35. The molecule has 0 spiro atoms. The molecule has 3 aromatic carbocycles. The molecule has 6 heteroatoms. The highest BCUT2D eigenvalue weighted by molar-refractivity contribution is 7.14. The van der Waals surface area contributed by atoms with Crippen molar-refractivity contribution in [3.8, 4) is 11.3 Å². The summed E-state index contributed by atoms with van der Waals surface area (Å²) in [4.78, 5) is 20.2. The monoisotopic (exact) mass is 499 g/mol. The molecule has 4 rings (SSSR count). The van der Waals surface area contributed by atoms with Gasteiger partial charge in [-0.05, 0) is 46.4 Å². The third-order valence-electron chi connectivity index (χ3n) is 6.28. The fourth-order valence-electron chi connectivity index (χ4n) is 4.03. The van der Waals surface area contributed by atoms with Crippen LogP contribution in [0.1, 0.15) is 47.8 Å². The van der Waals surface area contributed by atoms with Gasteiger partial charge in [-0.25, -0.2) is 9.78 Å². The van der Waals surface area contributed by atoms with Crippen LogP contribution in [0.15, 0.2) is 78.2 Å². The smallest absolute Gasteiger partial charge is 0.335 e. The van der Waals surface area contributed by atoms with Crippen LogP contribution in [-0.4, -0.2) is 30.2 Å². The van der Waals surface area contributed by atoms with Gasteiger partial charge >= 0.3 is 5.97 Å². The van der Waals surface area contributed by atoms with Gasteiger partial charge in [0.15, 0.2) is 5.13 Å². The number of hydrogen-bond acceptors (Lipinski definition) is 5. The summed E-state index contributed by atoms with van der Waals surface area (Å²) in [6.45, 7) is 8.22. The molecule has 0 aliphatic rings. The Morgan fingerprint density at radius 2 is 1.39 bits per heavy atom. The zero-order chi connectivity index (χ0) is 25.9. The van der Waals surface area contributed by atoms with E-state index in [0.717, 1.165) is 34.2 Å². The molecule has 1 N–H and O–H groups in total. The Hall–Kier alpha value is -3.64. The highest BCUT2D eigenvalue weighted by Crippen LogP contribution is 2.29. The van der Waals surface area contributed by atoms with Crippen molar-refractivity contribution in [3.63, 3.8) is 0 Å². The summed E-state index contributed by atoms with van der Waals surface area (Å²) >= 11 is 1.61. The van der Waals surface area contributed by atoms with Gasteiger partial charge in [-0.1, -0.05) is 69.3 Å². The fraction of sp³-hybridized carbons (Fsp3) is 0.267. The van der Waals surface area contributed by atoms with E-state index in [9.17, 15) is 4.79 Å². The molecule has 0 fully saturated rings. The number of anilines is 2. The zero-order valence-corrected chi connectivity index (χ0v) is 22.3. The molecule has 1 aromatic heterocycles. The van der Waals surface area contributed by atoms with Crippen molar-refractivity contribution in [2.24, 2.45) is 0 Å². The Bertz CT molecular complexity index is 1300. The maximum atomic E-state index is 11.1. The molecule has 0 saturated carbocycles. The normalized spacial score (nSPS) is 11.4. The highest BCUT2D eigenvalue weighted by atomic mass is 32.1. The first kappa shape index (κ1) is 25.5. The van der Waals surface area contributed by atoms with Crippen molar-refractivity contribution < 1.29 is 9.90 Å². The Kier molecular flexibility index (Phi) is 7.45. The van der Waals surface area contributed by atoms with Crippen LogP contribution in [0.25, 0.3) is 11.3 Å². The van der Waals surface area contributed by atoms with Gasteiger partial charge in [-0.3, -0.25) is 0 Å². The Morgan fingerprint density at radius 3 is 1.94 bits per heavy atom. The SMILES string of the molecule is CN(Cc1ccc(C(C)(C)C)cc1)c1ccc(-c2csc(N(C)Cc3ccc(C(=O)O)cc3)n2)cc1. The topological polar surface area (TPSA) is 56.7 Å². The quantitative estimate of drug-likeness (QED) is 0.281. The molecule has 0 atom stereocenters. The number of aromatic nitrogens is 1. The van der Waals surface area contributed by atoms with Crippen molar-refractivity contribution in [2.75, 3.05) is 23.9 Å². The Morgan fingerprint density at radius 1 is 0.833 bits per heavy atom. The molecule has 5 nitrogen and oxygen atoms in total. The van der Waals surface area contributed by atoms with Gasteiger partial charge in [0.1, 0.15) is 0 Å². The van der Waals surface area contributed by atoms with Gasteiger partial charge in [0, 0.05) is 43.8 Å². The van der Waals surface area contributed by atoms with E-state index < -0.39 is 5.97 Å². The summed E-state index contributed by atoms with van der Waals surface area (Å²) in [6, 6.07) is 24.4. The molecule has 36 heavy (non-hydrogen) atoms. The second kappa shape index (κ2) is 10.5. The number of carbonyl (C=O) groups is 1. The van der Waals surface area contributed by atoms with Crippen LogP contribution in [0.2, 0.25) is 0 Å². The number of thiazole rings is 1. The van der Waals surface area contributed by atoms with Crippen molar-refractivity contribution in [1.29, 1.82) is 0 Å². The second-order valence-electron chi connectivity index (χ2n) is 10.2. The molecule has 0 aliphatic carbocycles. The minimum absolute atomic E-state index is 0.165. The van der Waals surface area contributed by atoms with E-state index in [1.165, 1.54) is 11.1 Å². The second-order valence-corrected chi connectivity index (χ2v) is 11.1. The summed E-state index contributed by atoms with van der Waals surface area (Å²) < 4.78 is 0. The van der Waals surface area contributed by atoms with Crippen molar-refractivity contribution in [2.45, 2.75) is 39.3 Å². The lowest BCUT2D eigenvalue weighted by Gasteiger charge is -2.22. The number of rotatable bonds is 8.